The van der Waals surface area contributed by atoms with E-state index >= 15 is 0 Å². The quantitative estimate of drug-likeness (QED) is 0.397. The highest BCUT2D eigenvalue weighted by Gasteiger charge is 2.15. The molecule has 0 aliphatic carbocycles. The molecule has 4 nitrogen and oxygen atoms in total. The first kappa shape index (κ1) is 15.2. The molecule has 3 aromatic carbocycles. The Morgan fingerprint density at radius 1 is 0.720 bits per heavy atom. The lowest BCUT2D eigenvalue weighted by atomic mass is 10.1. The molecule has 2 N–H and O–H groups in total. The molecule has 4 rings (SSSR count). The second-order valence-electron chi connectivity index (χ2n) is 5.66. The van der Waals surface area contributed by atoms with Crippen LogP contribution < -0.4 is 4.89 Å². The van der Waals surface area contributed by atoms with Gasteiger partial charge in [-0.2, -0.15) is 0 Å². The van der Waals surface area contributed by atoms with Crippen molar-refractivity contribution in [3.63, 3.8) is 0 Å². The van der Waals surface area contributed by atoms with E-state index in [1.165, 1.54) is 0 Å². The van der Waals surface area contributed by atoms with Crippen LogP contribution in [0, 0.1) is 0 Å². The Balaban J connectivity index is 1.89. The van der Waals surface area contributed by atoms with E-state index in [0.29, 0.717) is 5.75 Å². The van der Waals surface area contributed by atoms with E-state index in [4.69, 9.17) is 10.2 Å². The van der Waals surface area contributed by atoms with Crippen LogP contribution >= 0.6 is 0 Å². The minimum atomic E-state index is 0.372. The van der Waals surface area contributed by atoms with Gasteiger partial charge in [0.15, 0.2) is 5.75 Å². The predicted molar refractivity (Wildman–Crippen MR) is 98.2 cm³/mol. The van der Waals surface area contributed by atoms with Crippen molar-refractivity contribution in [1.29, 1.82) is 0 Å². The third kappa shape index (κ3) is 3.03. The molecule has 25 heavy (non-hydrogen) atoms. The first-order chi connectivity index (χ1) is 12.3. The summed E-state index contributed by atoms with van der Waals surface area (Å²) in [5.74, 6) is 1.09. The number of rotatable bonds is 4. The maximum atomic E-state index is 8.89. The molecule has 4 heteroatoms. The number of hydrogen-bond donors (Lipinski definition) is 2. The molecule has 0 atom stereocenters. The minimum Gasteiger partial charge on any atom is -0.340 e. The third-order valence-electron chi connectivity index (χ3n) is 4.03. The topological polar surface area (TPSA) is 58.1 Å². The molecule has 1 aromatic heterocycles. The first-order valence-electron chi connectivity index (χ1n) is 7.98. The Morgan fingerprint density at radius 3 is 2.04 bits per heavy atom. The van der Waals surface area contributed by atoms with Crippen LogP contribution in [0.15, 0.2) is 84.9 Å². The molecule has 0 amide bonds. The predicted octanol–water partition coefficient (Wildman–Crippen LogP) is 5.26. The molecular weight excluding hydrogens is 312 g/mol. The summed E-state index contributed by atoms with van der Waals surface area (Å²) in [5, 5.41) is 8.89. The Labute approximate surface area is 145 Å². The van der Waals surface area contributed by atoms with Crippen LogP contribution in [-0.2, 0) is 0 Å². The van der Waals surface area contributed by atoms with Crippen molar-refractivity contribution >= 4 is 0 Å². The van der Waals surface area contributed by atoms with Crippen LogP contribution in [0.5, 0.6) is 5.75 Å². The van der Waals surface area contributed by atoms with Crippen LogP contribution in [-0.4, -0.2) is 15.2 Å². The molecule has 0 unspecified atom stereocenters. The second-order valence-corrected chi connectivity index (χ2v) is 5.66. The second kappa shape index (κ2) is 6.63. The highest BCUT2D eigenvalue weighted by molar-refractivity contribution is 5.81. The van der Waals surface area contributed by atoms with Crippen molar-refractivity contribution in [3.05, 3.63) is 84.9 Å². The molecule has 0 fully saturated rings. The van der Waals surface area contributed by atoms with Gasteiger partial charge in [0.25, 0.3) is 0 Å². The minimum absolute atomic E-state index is 0.372. The first-order valence-corrected chi connectivity index (χ1v) is 7.98. The number of aromatic amines is 1. The van der Waals surface area contributed by atoms with Gasteiger partial charge in [0.1, 0.15) is 5.82 Å². The van der Waals surface area contributed by atoms with Crippen LogP contribution in [0.4, 0.5) is 0 Å². The zero-order valence-corrected chi connectivity index (χ0v) is 13.4. The summed E-state index contributed by atoms with van der Waals surface area (Å²) in [6, 6.07) is 27.3. The molecule has 0 aliphatic rings. The molecule has 4 aromatic rings. The molecule has 0 spiro atoms. The van der Waals surface area contributed by atoms with E-state index in [2.05, 4.69) is 22.0 Å². The summed E-state index contributed by atoms with van der Waals surface area (Å²) < 4.78 is 0. The Morgan fingerprint density at radius 2 is 1.36 bits per heavy atom. The van der Waals surface area contributed by atoms with E-state index in [0.717, 1.165) is 33.9 Å². The molecule has 0 aliphatic heterocycles. The number of benzene rings is 3. The highest BCUT2D eigenvalue weighted by atomic mass is 17.1. The average Bonchev–Trinajstić information content (AvgIpc) is 3.15. The summed E-state index contributed by atoms with van der Waals surface area (Å²) in [6.07, 6.45) is 0. The maximum Gasteiger partial charge on any atom is 0.165 e. The fourth-order valence-corrected chi connectivity index (χ4v) is 2.83. The molecular formula is C21H16N2O2. The highest BCUT2D eigenvalue weighted by Crippen LogP contribution is 2.33. The van der Waals surface area contributed by atoms with Gasteiger partial charge >= 0.3 is 0 Å². The summed E-state index contributed by atoms with van der Waals surface area (Å²) in [6.45, 7) is 0. The SMILES string of the molecule is OOc1cccc(-c2nc(-c3ccccc3)c(-c3ccccc3)[nH]2)c1. The molecule has 122 valence electrons. The average molecular weight is 328 g/mol. The van der Waals surface area contributed by atoms with Crippen molar-refractivity contribution in [2.75, 3.05) is 0 Å². The van der Waals surface area contributed by atoms with Gasteiger partial charge in [-0.25, -0.2) is 10.2 Å². The molecule has 0 saturated carbocycles. The largest absolute Gasteiger partial charge is 0.340 e. The van der Waals surface area contributed by atoms with Crippen LogP contribution in [0.1, 0.15) is 0 Å². The number of nitrogens with zero attached hydrogens (tertiary/aromatic N) is 1. The van der Waals surface area contributed by atoms with E-state index in [1.54, 1.807) is 12.1 Å². The summed E-state index contributed by atoms with van der Waals surface area (Å²) in [5.41, 5.74) is 4.79. The Hall–Kier alpha value is -3.37. The standard InChI is InChI=1S/C21H16N2O2/c24-25-18-13-7-12-17(14-18)21-22-19(15-8-3-1-4-9-15)20(23-21)16-10-5-2-6-11-16/h1-14,24H,(H,22,23). The van der Waals surface area contributed by atoms with E-state index < -0.39 is 0 Å². The van der Waals surface area contributed by atoms with Gasteiger partial charge < -0.3 is 9.87 Å². The monoisotopic (exact) mass is 328 g/mol. The van der Waals surface area contributed by atoms with Gasteiger partial charge in [0.05, 0.1) is 11.4 Å². The van der Waals surface area contributed by atoms with E-state index in [1.807, 2.05) is 60.7 Å². The van der Waals surface area contributed by atoms with Gasteiger partial charge in [0.2, 0.25) is 0 Å². The lowest BCUT2D eigenvalue weighted by molar-refractivity contribution is -0.137. The van der Waals surface area contributed by atoms with Gasteiger partial charge in [0, 0.05) is 16.7 Å². The van der Waals surface area contributed by atoms with E-state index in [-0.39, 0.29) is 0 Å². The molecule has 1 heterocycles. The van der Waals surface area contributed by atoms with Crippen molar-refractivity contribution < 1.29 is 10.1 Å². The van der Waals surface area contributed by atoms with Crippen LogP contribution in [0.25, 0.3) is 33.9 Å². The summed E-state index contributed by atoms with van der Waals surface area (Å²) in [7, 11) is 0. The van der Waals surface area contributed by atoms with Gasteiger partial charge in [-0.1, -0.05) is 72.8 Å². The fraction of sp³-hybridized carbons (Fsp3) is 0. The van der Waals surface area contributed by atoms with Crippen LogP contribution in [0.2, 0.25) is 0 Å². The zero-order chi connectivity index (χ0) is 17.1. The van der Waals surface area contributed by atoms with Gasteiger partial charge in [-0.15, -0.1) is 0 Å². The van der Waals surface area contributed by atoms with Crippen molar-refractivity contribution in [2.24, 2.45) is 0 Å². The Kier molecular flexibility index (Phi) is 4.02. The smallest absolute Gasteiger partial charge is 0.165 e. The van der Waals surface area contributed by atoms with Gasteiger partial charge in [-0.3, -0.25) is 0 Å². The lowest BCUT2D eigenvalue weighted by Crippen LogP contribution is -1.86. The zero-order valence-electron chi connectivity index (χ0n) is 13.4. The van der Waals surface area contributed by atoms with Crippen LogP contribution in [0.3, 0.4) is 0 Å². The number of hydrogen-bond acceptors (Lipinski definition) is 3. The molecule has 0 bridgehead atoms. The lowest BCUT2D eigenvalue weighted by Gasteiger charge is -2.02. The summed E-state index contributed by atoms with van der Waals surface area (Å²) in [4.78, 5) is 12.6. The number of aromatic nitrogens is 2. The molecule has 0 radical (unpaired) electrons. The number of imidazole rings is 1. The van der Waals surface area contributed by atoms with Crippen molar-refractivity contribution in [2.45, 2.75) is 0 Å². The number of H-pyrrole nitrogens is 1. The third-order valence-corrected chi connectivity index (χ3v) is 4.03. The Bertz CT molecular complexity index is 922. The van der Waals surface area contributed by atoms with Crippen molar-refractivity contribution in [1.82, 2.24) is 9.97 Å². The molecule has 0 saturated heterocycles. The normalized spacial score (nSPS) is 10.6. The fourth-order valence-electron chi connectivity index (χ4n) is 2.83. The van der Waals surface area contributed by atoms with Crippen molar-refractivity contribution in [3.8, 4) is 39.7 Å². The van der Waals surface area contributed by atoms with E-state index in [9.17, 15) is 0 Å². The number of nitrogens with one attached hydrogen (secondary N) is 1. The summed E-state index contributed by atoms with van der Waals surface area (Å²) >= 11 is 0. The van der Waals surface area contributed by atoms with Gasteiger partial charge in [-0.05, 0) is 12.1 Å². The maximum absolute atomic E-state index is 8.89.